The van der Waals surface area contributed by atoms with Gasteiger partial charge in [-0.05, 0) is 97.4 Å². The van der Waals surface area contributed by atoms with Crippen LogP contribution in [0.2, 0.25) is 0 Å². The van der Waals surface area contributed by atoms with Gasteiger partial charge in [0.25, 0.3) is 0 Å². The molecule has 158 valence electrons. The third-order valence-corrected chi connectivity index (χ3v) is 5.36. The second-order valence-electron chi connectivity index (χ2n) is 8.59. The van der Waals surface area contributed by atoms with E-state index in [9.17, 15) is 10.2 Å². The highest BCUT2D eigenvalue weighted by molar-refractivity contribution is 5.70. The minimum absolute atomic E-state index is 0.124. The first-order valence-corrected chi connectivity index (χ1v) is 10.6. The molecule has 0 aliphatic carbocycles. The fraction of sp³-hybridized carbons (Fsp3) is 0.462. The van der Waals surface area contributed by atoms with E-state index in [1.54, 1.807) is 6.07 Å². The molecule has 0 spiro atoms. The first kappa shape index (κ1) is 22.9. The van der Waals surface area contributed by atoms with Crippen LogP contribution in [-0.4, -0.2) is 15.8 Å². The molecule has 1 heterocycles. The molecule has 1 aromatic carbocycles. The summed E-state index contributed by atoms with van der Waals surface area (Å²) in [4.78, 5) is 0. The largest absolute Gasteiger partial charge is 0.504 e. The van der Waals surface area contributed by atoms with Crippen molar-refractivity contribution < 1.29 is 14.9 Å². The predicted octanol–water partition coefficient (Wildman–Crippen LogP) is 7.46. The molecule has 2 rings (SSSR count). The van der Waals surface area contributed by atoms with Crippen molar-refractivity contribution in [2.45, 2.75) is 78.7 Å². The Morgan fingerprint density at radius 2 is 1.55 bits per heavy atom. The van der Waals surface area contributed by atoms with Crippen molar-refractivity contribution in [3.05, 3.63) is 58.7 Å². The Kier molecular flexibility index (Phi) is 8.19. The van der Waals surface area contributed by atoms with Crippen molar-refractivity contribution in [1.82, 2.24) is 0 Å². The van der Waals surface area contributed by atoms with Gasteiger partial charge in [0.1, 0.15) is 11.4 Å². The summed E-state index contributed by atoms with van der Waals surface area (Å²) in [7, 11) is 0. The van der Waals surface area contributed by atoms with Gasteiger partial charge in [0, 0.05) is 0 Å². The predicted molar refractivity (Wildman–Crippen MR) is 122 cm³/mol. The summed E-state index contributed by atoms with van der Waals surface area (Å²) in [5.74, 6) is 0.362. The Bertz CT molecular complexity index is 823. The number of phenolic OH excluding ortho intramolecular Hbond substituents is 2. The van der Waals surface area contributed by atoms with Gasteiger partial charge in [-0.3, -0.25) is 0 Å². The Morgan fingerprint density at radius 3 is 2.21 bits per heavy atom. The zero-order chi connectivity index (χ0) is 21.4. The van der Waals surface area contributed by atoms with Crippen molar-refractivity contribution in [2.75, 3.05) is 0 Å². The monoisotopic (exact) mass is 396 g/mol. The van der Waals surface area contributed by atoms with Gasteiger partial charge < -0.3 is 14.9 Å². The number of phenols is 2. The molecule has 0 fully saturated rings. The molecule has 3 heteroatoms. The van der Waals surface area contributed by atoms with Crippen LogP contribution < -0.4 is 4.74 Å². The highest BCUT2D eigenvalue weighted by Crippen LogP contribution is 2.42. The van der Waals surface area contributed by atoms with E-state index in [1.165, 1.54) is 22.8 Å². The maximum absolute atomic E-state index is 9.96. The molecule has 29 heavy (non-hydrogen) atoms. The van der Waals surface area contributed by atoms with E-state index in [2.05, 4.69) is 52.8 Å². The van der Waals surface area contributed by atoms with E-state index in [0.29, 0.717) is 11.3 Å². The zero-order valence-electron chi connectivity index (χ0n) is 18.6. The van der Waals surface area contributed by atoms with Crippen LogP contribution in [-0.2, 0) is 0 Å². The summed E-state index contributed by atoms with van der Waals surface area (Å²) in [6, 6.07) is 3.17. The number of fused-ring (bicyclic) bond motifs is 1. The summed E-state index contributed by atoms with van der Waals surface area (Å²) in [6.45, 7) is 10.8. The molecule has 0 saturated carbocycles. The molecule has 0 bridgehead atoms. The topological polar surface area (TPSA) is 49.7 Å². The van der Waals surface area contributed by atoms with Crippen molar-refractivity contribution in [3.8, 4) is 17.2 Å². The maximum atomic E-state index is 9.96. The molecule has 0 radical (unpaired) electrons. The average molecular weight is 397 g/mol. The summed E-state index contributed by atoms with van der Waals surface area (Å²) in [5, 5.41) is 19.6. The van der Waals surface area contributed by atoms with Crippen LogP contribution in [0.25, 0.3) is 6.08 Å². The third-order valence-electron chi connectivity index (χ3n) is 5.36. The number of hydrogen-bond donors (Lipinski definition) is 2. The van der Waals surface area contributed by atoms with E-state index in [0.717, 1.165) is 38.5 Å². The zero-order valence-corrected chi connectivity index (χ0v) is 18.6. The highest BCUT2D eigenvalue weighted by Gasteiger charge is 2.28. The molecular formula is C26H36O3. The van der Waals surface area contributed by atoms with E-state index in [4.69, 9.17) is 4.74 Å². The van der Waals surface area contributed by atoms with E-state index in [-0.39, 0.29) is 11.5 Å². The Hall–Kier alpha value is -2.42. The molecule has 2 N–H and O–H groups in total. The van der Waals surface area contributed by atoms with Gasteiger partial charge in [-0.15, -0.1) is 0 Å². The minimum Gasteiger partial charge on any atom is -0.504 e. The van der Waals surface area contributed by atoms with Crippen LogP contribution in [0, 0.1) is 0 Å². The van der Waals surface area contributed by atoms with Gasteiger partial charge in [0.2, 0.25) is 0 Å². The lowest BCUT2D eigenvalue weighted by atomic mass is 9.94. The summed E-state index contributed by atoms with van der Waals surface area (Å²) >= 11 is 0. The SMILES string of the molecule is CC(C)=CCCC(C)=CCCC(C)=CCCC1(C)C=Cc2c(ccc(O)c2O)O1. The fourth-order valence-corrected chi connectivity index (χ4v) is 3.45. The van der Waals surface area contributed by atoms with E-state index in [1.807, 2.05) is 12.2 Å². The Labute approximate surface area is 176 Å². The van der Waals surface area contributed by atoms with Crippen molar-refractivity contribution in [3.63, 3.8) is 0 Å². The molecule has 1 aromatic rings. The number of rotatable bonds is 9. The van der Waals surface area contributed by atoms with Crippen LogP contribution in [0.3, 0.4) is 0 Å². The van der Waals surface area contributed by atoms with Gasteiger partial charge in [0.05, 0.1) is 5.56 Å². The Balaban J connectivity index is 1.80. The van der Waals surface area contributed by atoms with Gasteiger partial charge in [-0.25, -0.2) is 0 Å². The van der Waals surface area contributed by atoms with E-state index >= 15 is 0 Å². The molecular weight excluding hydrogens is 360 g/mol. The third kappa shape index (κ3) is 7.16. The van der Waals surface area contributed by atoms with Gasteiger partial charge in [0.15, 0.2) is 11.5 Å². The van der Waals surface area contributed by atoms with Gasteiger partial charge >= 0.3 is 0 Å². The molecule has 1 unspecified atom stereocenters. The van der Waals surface area contributed by atoms with E-state index < -0.39 is 5.60 Å². The van der Waals surface area contributed by atoms with Crippen LogP contribution >= 0.6 is 0 Å². The fourth-order valence-electron chi connectivity index (χ4n) is 3.45. The molecule has 0 aromatic heterocycles. The number of aromatic hydroxyl groups is 2. The van der Waals surface area contributed by atoms with Crippen LogP contribution in [0.1, 0.15) is 78.7 Å². The molecule has 1 aliphatic rings. The van der Waals surface area contributed by atoms with Crippen LogP contribution in [0.4, 0.5) is 0 Å². The average Bonchev–Trinajstić information content (AvgIpc) is 2.64. The number of ether oxygens (including phenoxy) is 1. The standard InChI is InChI=1S/C26H36O3/c1-19(2)9-6-10-20(3)11-7-12-21(4)13-8-17-26(5)18-16-22-24(29-26)15-14-23(27)25(22)28/h9,11,13-16,18,27-28H,6-8,10,12,17H2,1-5H3. The molecule has 3 nitrogen and oxygen atoms in total. The maximum Gasteiger partial charge on any atom is 0.168 e. The Morgan fingerprint density at radius 1 is 0.931 bits per heavy atom. The first-order chi connectivity index (χ1) is 13.7. The lowest BCUT2D eigenvalue weighted by Crippen LogP contribution is -2.31. The normalized spacial score (nSPS) is 18.9. The lowest BCUT2D eigenvalue weighted by molar-refractivity contribution is 0.128. The molecule has 1 aliphatic heterocycles. The lowest BCUT2D eigenvalue weighted by Gasteiger charge is -2.31. The van der Waals surface area contributed by atoms with Crippen molar-refractivity contribution >= 4 is 6.08 Å². The number of benzene rings is 1. The quantitative estimate of drug-likeness (QED) is 0.336. The number of allylic oxidation sites excluding steroid dienone is 6. The number of hydrogen-bond acceptors (Lipinski definition) is 3. The summed E-state index contributed by atoms with van der Waals surface area (Å²) in [5.41, 5.74) is 4.40. The molecule has 0 amide bonds. The van der Waals surface area contributed by atoms with Gasteiger partial charge in [-0.1, -0.05) is 34.9 Å². The molecule has 0 saturated heterocycles. The van der Waals surface area contributed by atoms with Crippen LogP contribution in [0.15, 0.2) is 53.2 Å². The van der Waals surface area contributed by atoms with Crippen molar-refractivity contribution in [1.29, 1.82) is 0 Å². The minimum atomic E-state index is -0.408. The van der Waals surface area contributed by atoms with Gasteiger partial charge in [-0.2, -0.15) is 0 Å². The first-order valence-electron chi connectivity index (χ1n) is 10.6. The second kappa shape index (κ2) is 10.4. The van der Waals surface area contributed by atoms with Crippen molar-refractivity contribution in [2.24, 2.45) is 0 Å². The van der Waals surface area contributed by atoms with Crippen LogP contribution in [0.5, 0.6) is 17.2 Å². The molecule has 1 atom stereocenters. The smallest absolute Gasteiger partial charge is 0.168 e. The highest BCUT2D eigenvalue weighted by atomic mass is 16.5. The second-order valence-corrected chi connectivity index (χ2v) is 8.59. The summed E-state index contributed by atoms with van der Waals surface area (Å²) < 4.78 is 6.10. The summed E-state index contributed by atoms with van der Waals surface area (Å²) in [6.07, 6.45) is 17.0.